The van der Waals surface area contributed by atoms with Crippen molar-refractivity contribution in [3.05, 3.63) is 75.3 Å². The number of rotatable bonds is 1. The van der Waals surface area contributed by atoms with Gasteiger partial charge in [0.25, 0.3) is 0 Å². The van der Waals surface area contributed by atoms with Crippen molar-refractivity contribution in [2.75, 3.05) is 5.32 Å². The molecule has 0 spiro atoms. The van der Waals surface area contributed by atoms with Gasteiger partial charge in [0.1, 0.15) is 0 Å². The molecule has 0 saturated heterocycles. The van der Waals surface area contributed by atoms with E-state index in [-0.39, 0.29) is 6.04 Å². The molecule has 2 aromatic carbocycles. The zero-order valence-electron chi connectivity index (χ0n) is 12.3. The first kappa shape index (κ1) is 14.2. The molecule has 0 saturated carbocycles. The Kier molecular flexibility index (Phi) is 3.43. The van der Waals surface area contributed by atoms with Crippen LogP contribution in [0.4, 0.5) is 5.69 Å². The van der Waals surface area contributed by atoms with Gasteiger partial charge in [-0.15, -0.1) is 0 Å². The van der Waals surface area contributed by atoms with Crippen LogP contribution in [-0.2, 0) is 0 Å². The van der Waals surface area contributed by atoms with Crippen LogP contribution in [0.25, 0.3) is 0 Å². The van der Waals surface area contributed by atoms with Crippen molar-refractivity contribution in [2.24, 2.45) is 5.92 Å². The van der Waals surface area contributed by atoms with Gasteiger partial charge in [0.05, 0.1) is 6.04 Å². The number of allylic oxidation sites excluding steroid dienone is 2. The number of hydrogen-bond donors (Lipinski definition) is 1. The molecule has 0 unspecified atom stereocenters. The third kappa shape index (κ3) is 2.07. The molecule has 0 amide bonds. The summed E-state index contributed by atoms with van der Waals surface area (Å²) in [7, 11) is 0. The Morgan fingerprint density at radius 1 is 1.05 bits per heavy atom. The molecule has 3 heteroatoms. The van der Waals surface area contributed by atoms with E-state index < -0.39 is 0 Å². The largest absolute Gasteiger partial charge is 0.377 e. The maximum Gasteiger partial charge on any atom is 0.0568 e. The minimum absolute atomic E-state index is 0.221. The highest BCUT2D eigenvalue weighted by Crippen LogP contribution is 2.53. The first-order valence-corrected chi connectivity index (χ1v) is 8.39. The van der Waals surface area contributed by atoms with Crippen molar-refractivity contribution < 1.29 is 0 Å². The second kappa shape index (κ2) is 5.33. The summed E-state index contributed by atoms with van der Waals surface area (Å²) in [5, 5.41) is 5.41. The van der Waals surface area contributed by atoms with Gasteiger partial charge in [0.15, 0.2) is 0 Å². The molecule has 2 aromatic rings. The second-order valence-electron chi connectivity index (χ2n) is 6.15. The summed E-state index contributed by atoms with van der Waals surface area (Å²) in [5.74, 6) is 0.830. The zero-order chi connectivity index (χ0) is 15.3. The third-order valence-electron chi connectivity index (χ3n) is 4.92. The van der Waals surface area contributed by atoms with Crippen LogP contribution < -0.4 is 5.32 Å². The van der Waals surface area contributed by atoms with Crippen LogP contribution in [-0.4, -0.2) is 0 Å². The first-order chi connectivity index (χ1) is 10.7. The van der Waals surface area contributed by atoms with E-state index in [0.717, 1.165) is 16.5 Å². The Hall–Kier alpha value is -1.44. The van der Waals surface area contributed by atoms with Crippen LogP contribution in [0.5, 0.6) is 0 Å². The lowest BCUT2D eigenvalue weighted by molar-refractivity contribution is 0.425. The van der Waals surface area contributed by atoms with Crippen molar-refractivity contribution in [1.29, 1.82) is 0 Å². The SMILES string of the molecule is Cc1ccc(Cl)c2c1N[C@H](c1ccccc1Cl)[C@H]1CC=C[C@@H]21. The van der Waals surface area contributed by atoms with Crippen LogP contribution in [0.15, 0.2) is 48.6 Å². The van der Waals surface area contributed by atoms with Crippen LogP contribution in [0.2, 0.25) is 10.0 Å². The quantitative estimate of drug-likeness (QED) is 0.620. The number of aryl methyl sites for hydroxylation is 1. The van der Waals surface area contributed by atoms with Crippen LogP contribution >= 0.6 is 23.2 Å². The summed E-state index contributed by atoms with van der Waals surface area (Å²) < 4.78 is 0. The van der Waals surface area contributed by atoms with Gasteiger partial charge < -0.3 is 5.32 Å². The molecule has 2 aliphatic rings. The van der Waals surface area contributed by atoms with E-state index in [1.54, 1.807) is 0 Å². The highest BCUT2D eigenvalue weighted by atomic mass is 35.5. The molecule has 3 atom stereocenters. The van der Waals surface area contributed by atoms with E-state index in [2.05, 4.69) is 42.6 Å². The fourth-order valence-corrected chi connectivity index (χ4v) is 4.38. The number of hydrogen-bond acceptors (Lipinski definition) is 1. The van der Waals surface area contributed by atoms with Gasteiger partial charge in [-0.05, 0) is 42.5 Å². The van der Waals surface area contributed by atoms with Crippen molar-refractivity contribution in [2.45, 2.75) is 25.3 Å². The highest BCUT2D eigenvalue weighted by Gasteiger charge is 2.40. The van der Waals surface area contributed by atoms with Crippen molar-refractivity contribution in [3.63, 3.8) is 0 Å². The highest BCUT2D eigenvalue weighted by molar-refractivity contribution is 6.32. The molecule has 1 nitrogen and oxygen atoms in total. The van der Waals surface area contributed by atoms with Crippen molar-refractivity contribution >= 4 is 28.9 Å². The lowest BCUT2D eigenvalue weighted by atomic mass is 9.76. The molecule has 1 aliphatic carbocycles. The minimum Gasteiger partial charge on any atom is -0.377 e. The van der Waals surface area contributed by atoms with Gasteiger partial charge in [-0.2, -0.15) is 0 Å². The normalized spacial score (nSPS) is 25.5. The molecular formula is C19H17Cl2N. The first-order valence-electron chi connectivity index (χ1n) is 7.63. The summed E-state index contributed by atoms with van der Waals surface area (Å²) in [6.07, 6.45) is 5.63. The summed E-state index contributed by atoms with van der Waals surface area (Å²) in [4.78, 5) is 0. The molecule has 112 valence electrons. The van der Waals surface area contributed by atoms with E-state index in [1.807, 2.05) is 18.2 Å². The maximum absolute atomic E-state index is 6.51. The number of benzene rings is 2. The Morgan fingerprint density at radius 2 is 1.86 bits per heavy atom. The van der Waals surface area contributed by atoms with Crippen molar-refractivity contribution in [3.8, 4) is 0 Å². The average Bonchev–Trinajstić information content (AvgIpc) is 3.00. The summed E-state index contributed by atoms with van der Waals surface area (Å²) in [6.45, 7) is 2.13. The van der Waals surface area contributed by atoms with E-state index in [9.17, 15) is 0 Å². The maximum atomic E-state index is 6.51. The monoisotopic (exact) mass is 329 g/mol. The topological polar surface area (TPSA) is 12.0 Å². The molecule has 1 heterocycles. The van der Waals surface area contributed by atoms with E-state index >= 15 is 0 Å². The lowest BCUT2D eigenvalue weighted by Gasteiger charge is -2.39. The molecule has 0 aromatic heterocycles. The van der Waals surface area contributed by atoms with Gasteiger partial charge in [-0.1, -0.05) is 59.6 Å². The Balaban J connectivity index is 1.88. The molecule has 0 fully saturated rings. The van der Waals surface area contributed by atoms with Gasteiger partial charge in [-0.25, -0.2) is 0 Å². The predicted molar refractivity (Wildman–Crippen MR) is 94.0 cm³/mol. The number of anilines is 1. The molecule has 0 radical (unpaired) electrons. The molecule has 22 heavy (non-hydrogen) atoms. The standard InChI is InChI=1S/C19H17Cl2N/c1-11-9-10-16(21)17-12-6-4-7-13(12)19(22-18(11)17)14-5-2-3-8-15(14)20/h2-6,8-10,12-13,19,22H,7H2,1H3/t12-,13+,19+/m1/s1. The molecule has 1 N–H and O–H groups in total. The molecular weight excluding hydrogens is 313 g/mol. The Morgan fingerprint density at radius 3 is 2.68 bits per heavy atom. The van der Waals surface area contributed by atoms with Crippen molar-refractivity contribution in [1.82, 2.24) is 0 Å². The van der Waals surface area contributed by atoms with Gasteiger partial charge in [0, 0.05) is 27.2 Å². The summed E-state index contributed by atoms with van der Waals surface area (Å²) in [6, 6.07) is 12.4. The predicted octanol–water partition coefficient (Wildman–Crippen LogP) is 6.13. The number of halogens is 2. The summed E-state index contributed by atoms with van der Waals surface area (Å²) in [5.41, 5.74) is 4.82. The van der Waals surface area contributed by atoms with Gasteiger partial charge in [0.2, 0.25) is 0 Å². The second-order valence-corrected chi connectivity index (χ2v) is 6.96. The minimum atomic E-state index is 0.221. The summed E-state index contributed by atoms with van der Waals surface area (Å²) >= 11 is 13.0. The van der Waals surface area contributed by atoms with E-state index in [4.69, 9.17) is 23.2 Å². The third-order valence-corrected chi connectivity index (χ3v) is 5.59. The van der Waals surface area contributed by atoms with Crippen LogP contribution in [0.3, 0.4) is 0 Å². The zero-order valence-corrected chi connectivity index (χ0v) is 13.8. The van der Waals surface area contributed by atoms with Gasteiger partial charge in [-0.3, -0.25) is 0 Å². The van der Waals surface area contributed by atoms with Gasteiger partial charge >= 0.3 is 0 Å². The van der Waals surface area contributed by atoms with E-state index in [1.165, 1.54) is 22.4 Å². The molecule has 4 rings (SSSR count). The molecule has 0 bridgehead atoms. The molecule has 1 aliphatic heterocycles. The smallest absolute Gasteiger partial charge is 0.0568 e. The Bertz CT molecular complexity index is 766. The van der Waals surface area contributed by atoms with E-state index in [0.29, 0.717) is 11.8 Å². The van der Waals surface area contributed by atoms with Crippen LogP contribution in [0, 0.1) is 12.8 Å². The number of nitrogens with one attached hydrogen (secondary N) is 1. The fraction of sp³-hybridized carbons (Fsp3) is 0.263. The Labute approximate surface area is 140 Å². The number of fused-ring (bicyclic) bond motifs is 3. The average molecular weight is 330 g/mol. The lowest BCUT2D eigenvalue weighted by Crippen LogP contribution is -2.30. The fourth-order valence-electron chi connectivity index (χ4n) is 3.84. The van der Waals surface area contributed by atoms with Crippen LogP contribution in [0.1, 0.15) is 35.1 Å².